The highest BCUT2D eigenvalue weighted by atomic mass is 19.3. The Morgan fingerprint density at radius 3 is 2.46 bits per heavy atom. The van der Waals surface area contributed by atoms with Crippen molar-refractivity contribution in [1.82, 2.24) is 0 Å². The number of carbonyl (C=O) groups excluding carboxylic acids is 1. The molecule has 1 N–H and O–H groups in total. The molecule has 0 heterocycles. The first kappa shape index (κ1) is 20.9. The number of hydrogen-bond donors (Lipinski definition) is 1. The van der Waals surface area contributed by atoms with Crippen LogP contribution in [0.2, 0.25) is 0 Å². The first-order valence-electron chi connectivity index (χ1n) is 7.73. The molecule has 0 aliphatic rings. The van der Waals surface area contributed by atoms with Crippen LogP contribution in [0.1, 0.15) is 5.56 Å². The number of ether oxygens (including phenoxy) is 2. The highest BCUT2D eigenvalue weighted by molar-refractivity contribution is 5.85. The van der Waals surface area contributed by atoms with E-state index in [4.69, 9.17) is 4.74 Å². The SMILES string of the molecule is O=C(Nc1cc(OCC(F)(F)C(F)F)cc([N+](=O)[O-])c1)OCc1ccccc1. The number of benzene rings is 2. The molecule has 2 rings (SSSR count). The van der Waals surface area contributed by atoms with Crippen molar-refractivity contribution in [3.63, 3.8) is 0 Å². The highest BCUT2D eigenvalue weighted by Gasteiger charge is 2.41. The zero-order chi connectivity index (χ0) is 20.7. The van der Waals surface area contributed by atoms with Crippen LogP contribution < -0.4 is 10.1 Å². The Kier molecular flexibility index (Phi) is 6.74. The van der Waals surface area contributed by atoms with Crippen molar-refractivity contribution in [3.8, 4) is 5.75 Å². The Labute approximate surface area is 156 Å². The topological polar surface area (TPSA) is 90.7 Å². The summed E-state index contributed by atoms with van der Waals surface area (Å²) < 4.78 is 59.8. The zero-order valence-corrected chi connectivity index (χ0v) is 14.1. The van der Waals surface area contributed by atoms with Crippen LogP contribution in [0.5, 0.6) is 5.75 Å². The molecule has 0 aromatic heterocycles. The summed E-state index contributed by atoms with van der Waals surface area (Å²) in [5, 5.41) is 13.1. The predicted octanol–water partition coefficient (Wildman–Crippen LogP) is 4.62. The smallest absolute Gasteiger partial charge is 0.411 e. The average Bonchev–Trinajstić information content (AvgIpc) is 2.65. The summed E-state index contributed by atoms with van der Waals surface area (Å²) in [6, 6.07) is 11.3. The Balaban J connectivity index is 2.07. The van der Waals surface area contributed by atoms with Crippen molar-refractivity contribution in [3.05, 3.63) is 64.2 Å². The van der Waals surface area contributed by atoms with Crippen LogP contribution in [0, 0.1) is 10.1 Å². The molecule has 0 saturated heterocycles. The number of alkyl halides is 4. The molecule has 0 aliphatic heterocycles. The van der Waals surface area contributed by atoms with Gasteiger partial charge < -0.3 is 9.47 Å². The number of nitro benzene ring substituents is 1. The van der Waals surface area contributed by atoms with Gasteiger partial charge in [-0.2, -0.15) is 8.78 Å². The second-order valence-electron chi connectivity index (χ2n) is 5.51. The normalized spacial score (nSPS) is 11.2. The summed E-state index contributed by atoms with van der Waals surface area (Å²) in [7, 11) is 0. The maximum atomic E-state index is 13.0. The molecule has 0 unspecified atom stereocenters. The highest BCUT2D eigenvalue weighted by Crippen LogP contribution is 2.29. The number of nitro groups is 1. The van der Waals surface area contributed by atoms with E-state index in [9.17, 15) is 32.5 Å². The molecule has 28 heavy (non-hydrogen) atoms. The maximum Gasteiger partial charge on any atom is 0.411 e. The molecular weight excluding hydrogens is 388 g/mol. The van der Waals surface area contributed by atoms with E-state index in [1.54, 1.807) is 30.3 Å². The second kappa shape index (κ2) is 9.02. The minimum atomic E-state index is -4.44. The summed E-state index contributed by atoms with van der Waals surface area (Å²) in [6.45, 7) is -1.77. The largest absolute Gasteiger partial charge is 0.487 e. The lowest BCUT2D eigenvalue weighted by molar-refractivity contribution is -0.384. The number of halogens is 4. The number of nitrogens with one attached hydrogen (secondary N) is 1. The van der Waals surface area contributed by atoms with E-state index in [1.165, 1.54) is 0 Å². The number of rotatable bonds is 8. The third-order valence-electron chi connectivity index (χ3n) is 3.31. The van der Waals surface area contributed by atoms with E-state index in [2.05, 4.69) is 10.1 Å². The first-order chi connectivity index (χ1) is 13.2. The molecule has 0 fully saturated rings. The molecule has 11 heteroatoms. The standard InChI is InChI=1S/C17H14F4N2O5/c18-15(19)17(20,21)10-28-14-7-12(6-13(8-14)23(25)26)22-16(24)27-9-11-4-2-1-3-5-11/h1-8,15H,9-10H2,(H,22,24). The number of amides is 1. The number of hydrogen-bond acceptors (Lipinski definition) is 5. The number of non-ortho nitro benzene ring substituents is 1. The van der Waals surface area contributed by atoms with Gasteiger partial charge >= 0.3 is 18.4 Å². The Morgan fingerprint density at radius 1 is 1.18 bits per heavy atom. The van der Waals surface area contributed by atoms with Gasteiger partial charge in [0.15, 0.2) is 6.61 Å². The summed E-state index contributed by atoms with van der Waals surface area (Å²) in [4.78, 5) is 21.9. The summed E-state index contributed by atoms with van der Waals surface area (Å²) >= 11 is 0. The number of carbonyl (C=O) groups is 1. The zero-order valence-electron chi connectivity index (χ0n) is 14.1. The van der Waals surface area contributed by atoms with Crippen molar-refractivity contribution in [2.24, 2.45) is 0 Å². The van der Waals surface area contributed by atoms with Gasteiger partial charge in [-0.05, 0) is 5.56 Å². The summed E-state index contributed by atoms with van der Waals surface area (Å²) in [5.41, 5.74) is -0.103. The Bertz CT molecular complexity index is 834. The molecule has 2 aromatic carbocycles. The van der Waals surface area contributed by atoms with Crippen molar-refractivity contribution >= 4 is 17.5 Å². The Morgan fingerprint density at radius 2 is 1.86 bits per heavy atom. The van der Waals surface area contributed by atoms with Gasteiger partial charge in [0.2, 0.25) is 0 Å². The van der Waals surface area contributed by atoms with Gasteiger partial charge in [0, 0.05) is 12.1 Å². The molecule has 0 radical (unpaired) electrons. The van der Waals surface area contributed by atoms with E-state index in [0.29, 0.717) is 5.56 Å². The van der Waals surface area contributed by atoms with Crippen LogP contribution in [-0.2, 0) is 11.3 Å². The predicted molar refractivity (Wildman–Crippen MR) is 89.8 cm³/mol. The molecule has 0 atom stereocenters. The molecule has 2 aromatic rings. The van der Waals surface area contributed by atoms with Crippen LogP contribution >= 0.6 is 0 Å². The molecule has 0 aliphatic carbocycles. The van der Waals surface area contributed by atoms with Gasteiger partial charge in [-0.25, -0.2) is 13.6 Å². The van der Waals surface area contributed by atoms with Crippen LogP contribution in [0.15, 0.2) is 48.5 Å². The van der Waals surface area contributed by atoms with E-state index in [-0.39, 0.29) is 12.3 Å². The monoisotopic (exact) mass is 402 g/mol. The summed E-state index contributed by atoms with van der Waals surface area (Å²) in [6.07, 6.45) is -4.93. The quantitative estimate of drug-likeness (QED) is 0.395. The molecule has 1 amide bonds. The molecule has 150 valence electrons. The van der Waals surface area contributed by atoms with E-state index in [0.717, 1.165) is 18.2 Å². The maximum absolute atomic E-state index is 13.0. The first-order valence-corrected chi connectivity index (χ1v) is 7.73. The van der Waals surface area contributed by atoms with Gasteiger partial charge in [-0.1, -0.05) is 30.3 Å². The van der Waals surface area contributed by atoms with E-state index >= 15 is 0 Å². The Hall–Kier alpha value is -3.37. The third-order valence-corrected chi connectivity index (χ3v) is 3.31. The van der Waals surface area contributed by atoms with Crippen molar-refractivity contribution in [2.75, 3.05) is 11.9 Å². The van der Waals surface area contributed by atoms with Gasteiger partial charge in [0.1, 0.15) is 12.4 Å². The average molecular weight is 402 g/mol. The lowest BCUT2D eigenvalue weighted by atomic mass is 10.2. The minimum Gasteiger partial charge on any atom is -0.487 e. The molecule has 0 saturated carbocycles. The van der Waals surface area contributed by atoms with E-state index in [1.807, 2.05) is 0 Å². The lowest BCUT2D eigenvalue weighted by Crippen LogP contribution is -2.33. The van der Waals surface area contributed by atoms with E-state index < -0.39 is 41.4 Å². The minimum absolute atomic E-state index is 0.0778. The third kappa shape index (κ3) is 6.11. The van der Waals surface area contributed by atoms with Crippen molar-refractivity contribution < 1.29 is 36.8 Å². The lowest BCUT2D eigenvalue weighted by Gasteiger charge is -2.16. The fraction of sp³-hybridized carbons (Fsp3) is 0.235. The fourth-order valence-electron chi connectivity index (χ4n) is 1.96. The van der Waals surface area contributed by atoms with Crippen LogP contribution in [0.25, 0.3) is 0 Å². The van der Waals surface area contributed by atoms with Gasteiger partial charge in [-0.15, -0.1) is 0 Å². The molecule has 0 spiro atoms. The van der Waals surface area contributed by atoms with Crippen LogP contribution in [0.4, 0.5) is 33.7 Å². The molecule has 0 bridgehead atoms. The number of anilines is 1. The van der Waals surface area contributed by atoms with Crippen LogP contribution in [0.3, 0.4) is 0 Å². The second-order valence-corrected chi connectivity index (χ2v) is 5.51. The molecule has 7 nitrogen and oxygen atoms in total. The molecular formula is C17H14F4N2O5. The van der Waals surface area contributed by atoms with Crippen molar-refractivity contribution in [2.45, 2.75) is 19.0 Å². The van der Waals surface area contributed by atoms with Gasteiger partial charge in [-0.3, -0.25) is 15.4 Å². The van der Waals surface area contributed by atoms with Crippen LogP contribution in [-0.4, -0.2) is 30.0 Å². The summed E-state index contributed by atoms with van der Waals surface area (Å²) in [5.74, 6) is -4.93. The van der Waals surface area contributed by atoms with Gasteiger partial charge in [0.05, 0.1) is 16.7 Å². The van der Waals surface area contributed by atoms with Crippen molar-refractivity contribution in [1.29, 1.82) is 0 Å². The fourth-order valence-corrected chi connectivity index (χ4v) is 1.96. The van der Waals surface area contributed by atoms with Gasteiger partial charge in [0.25, 0.3) is 5.69 Å². The number of nitrogens with zero attached hydrogens (tertiary/aromatic N) is 1.